The van der Waals surface area contributed by atoms with Crippen molar-refractivity contribution >= 4 is 29.2 Å². The van der Waals surface area contributed by atoms with Crippen molar-refractivity contribution in [2.24, 2.45) is 10.8 Å². The maximum Gasteiger partial charge on any atom is 0.184 e. The summed E-state index contributed by atoms with van der Waals surface area (Å²) in [6.45, 7) is 10.3. The molecule has 0 bridgehead atoms. The van der Waals surface area contributed by atoms with Crippen LogP contribution in [0.3, 0.4) is 0 Å². The summed E-state index contributed by atoms with van der Waals surface area (Å²) in [6.07, 6.45) is 4.07. The number of benzene rings is 1. The molecule has 3 N–H and O–H groups in total. The van der Waals surface area contributed by atoms with Crippen molar-refractivity contribution in [1.82, 2.24) is 5.43 Å². The summed E-state index contributed by atoms with van der Waals surface area (Å²) in [6, 6.07) is 6.54. The first kappa shape index (κ1) is 16.7. The largest absolute Gasteiger partial charge is 0.375 e. The Labute approximate surface area is 138 Å². The second-order valence-corrected chi connectivity index (χ2v) is 7.06. The molecule has 4 nitrogen and oxygen atoms in total. The quantitative estimate of drug-likeness (QED) is 0.508. The van der Waals surface area contributed by atoms with Crippen LogP contribution in [-0.4, -0.2) is 23.4 Å². The normalized spacial score (nSPS) is 20.0. The number of anilines is 1. The van der Waals surface area contributed by atoms with E-state index in [0.717, 1.165) is 24.9 Å². The fraction of sp³-hybridized carbons (Fsp3) is 0.529. The molecule has 1 unspecified atom stereocenters. The summed E-state index contributed by atoms with van der Waals surface area (Å²) in [7, 11) is 0. The zero-order valence-electron chi connectivity index (χ0n) is 13.9. The molecule has 1 atom stereocenters. The van der Waals surface area contributed by atoms with Crippen LogP contribution in [0.4, 0.5) is 5.69 Å². The Morgan fingerprint density at radius 2 is 2.27 bits per heavy atom. The summed E-state index contributed by atoms with van der Waals surface area (Å²) in [5.74, 6) is 0.537. The molecule has 0 aliphatic carbocycles. The average molecular weight is 318 g/mol. The first-order valence-corrected chi connectivity index (χ1v) is 8.26. The van der Waals surface area contributed by atoms with Crippen molar-refractivity contribution in [3.63, 3.8) is 0 Å². The fourth-order valence-corrected chi connectivity index (χ4v) is 3.46. The van der Waals surface area contributed by atoms with Crippen LogP contribution >= 0.6 is 12.2 Å². The van der Waals surface area contributed by atoms with Gasteiger partial charge in [-0.05, 0) is 68.1 Å². The van der Waals surface area contributed by atoms with Crippen LogP contribution < -0.4 is 16.1 Å². The Balaban J connectivity index is 2.33. The van der Waals surface area contributed by atoms with Crippen LogP contribution in [0, 0.1) is 0 Å². The number of nitrogens with zero attached hydrogens (tertiary/aromatic N) is 2. The molecule has 1 aliphatic heterocycles. The third kappa shape index (κ3) is 3.58. The maximum atomic E-state index is 5.37. The van der Waals surface area contributed by atoms with Gasteiger partial charge < -0.3 is 10.6 Å². The summed E-state index contributed by atoms with van der Waals surface area (Å²) in [4.78, 5) is 2.54. The van der Waals surface area contributed by atoms with Crippen molar-refractivity contribution in [1.29, 1.82) is 0 Å². The van der Waals surface area contributed by atoms with Crippen molar-refractivity contribution in [3.05, 3.63) is 29.3 Å². The number of hydrogen-bond acceptors (Lipinski definition) is 3. The maximum absolute atomic E-state index is 5.37. The van der Waals surface area contributed by atoms with Crippen LogP contribution in [0.1, 0.15) is 57.6 Å². The van der Waals surface area contributed by atoms with Crippen LogP contribution in [0.5, 0.6) is 0 Å². The van der Waals surface area contributed by atoms with Crippen molar-refractivity contribution < 1.29 is 0 Å². The van der Waals surface area contributed by atoms with Gasteiger partial charge in [-0.15, -0.1) is 0 Å². The molecule has 0 aromatic heterocycles. The van der Waals surface area contributed by atoms with E-state index in [0.29, 0.717) is 5.92 Å². The molecule has 0 radical (unpaired) electrons. The highest BCUT2D eigenvalue weighted by Crippen LogP contribution is 2.43. The standard InChI is InChI=1S/C17H26N4S/c1-5-8-21-15-7-6-13(11-19-20-16(18)22)9-14(15)12(2)10-17(21,3)4/h6-7,9,11-12H,5,8,10H2,1-4H3,(H3,18,20,22)/b19-11-. The highest BCUT2D eigenvalue weighted by Gasteiger charge is 2.35. The van der Waals surface area contributed by atoms with Gasteiger partial charge >= 0.3 is 0 Å². The SMILES string of the molecule is CCCN1c2ccc(/C=N\NC(N)=S)cc2C(C)CC1(C)C. The van der Waals surface area contributed by atoms with Gasteiger partial charge in [-0.3, -0.25) is 5.43 Å². The van der Waals surface area contributed by atoms with Gasteiger partial charge in [0, 0.05) is 17.8 Å². The lowest BCUT2D eigenvalue weighted by atomic mass is 9.79. The van der Waals surface area contributed by atoms with Crippen LogP contribution in [-0.2, 0) is 0 Å². The average Bonchev–Trinajstić information content (AvgIpc) is 2.43. The van der Waals surface area contributed by atoms with E-state index in [9.17, 15) is 0 Å². The third-order valence-electron chi connectivity index (χ3n) is 4.25. The van der Waals surface area contributed by atoms with Gasteiger partial charge in [0.25, 0.3) is 0 Å². The minimum Gasteiger partial charge on any atom is -0.375 e. The zero-order chi connectivity index (χ0) is 16.3. The highest BCUT2D eigenvalue weighted by atomic mass is 32.1. The predicted octanol–water partition coefficient (Wildman–Crippen LogP) is 3.36. The number of nitrogens with two attached hydrogens (primary N) is 1. The van der Waals surface area contributed by atoms with Gasteiger partial charge in [0.1, 0.15) is 0 Å². The number of thiocarbonyl (C=S) groups is 1. The van der Waals surface area contributed by atoms with E-state index in [1.807, 2.05) is 0 Å². The number of rotatable bonds is 4. The number of nitrogens with one attached hydrogen (secondary N) is 1. The summed E-state index contributed by atoms with van der Waals surface area (Å²) in [5.41, 5.74) is 12.0. The molecule has 1 heterocycles. The van der Waals surface area contributed by atoms with Crippen LogP contribution in [0.25, 0.3) is 0 Å². The number of hydrazone groups is 1. The first-order valence-electron chi connectivity index (χ1n) is 7.85. The topological polar surface area (TPSA) is 53.6 Å². The van der Waals surface area contributed by atoms with Gasteiger partial charge in [-0.25, -0.2) is 0 Å². The molecule has 0 spiro atoms. The Hall–Kier alpha value is -1.62. The highest BCUT2D eigenvalue weighted by molar-refractivity contribution is 7.80. The van der Waals surface area contributed by atoms with Gasteiger partial charge in [0.2, 0.25) is 0 Å². The van der Waals surface area contributed by atoms with E-state index in [-0.39, 0.29) is 10.7 Å². The lowest BCUT2D eigenvalue weighted by Gasteiger charge is -2.47. The molecule has 0 amide bonds. The molecule has 2 rings (SSSR count). The second-order valence-electron chi connectivity index (χ2n) is 6.62. The zero-order valence-corrected chi connectivity index (χ0v) is 14.7. The van der Waals surface area contributed by atoms with E-state index in [1.54, 1.807) is 6.21 Å². The minimum absolute atomic E-state index is 0.179. The first-order chi connectivity index (χ1) is 10.3. The summed E-state index contributed by atoms with van der Waals surface area (Å²) < 4.78 is 0. The van der Waals surface area contributed by atoms with Crippen molar-refractivity contribution in [2.75, 3.05) is 11.4 Å². The molecule has 0 saturated carbocycles. The van der Waals surface area contributed by atoms with E-state index in [4.69, 9.17) is 18.0 Å². The summed E-state index contributed by atoms with van der Waals surface area (Å²) >= 11 is 4.74. The Bertz CT molecular complexity index is 580. The Kier molecular flexibility index (Phi) is 5.06. The van der Waals surface area contributed by atoms with E-state index >= 15 is 0 Å². The molecule has 5 heteroatoms. The molecule has 1 aromatic rings. The molecule has 0 fully saturated rings. The van der Waals surface area contributed by atoms with Crippen molar-refractivity contribution in [3.8, 4) is 0 Å². The lowest BCUT2D eigenvalue weighted by Crippen LogP contribution is -2.48. The number of hydrogen-bond donors (Lipinski definition) is 2. The molecule has 0 saturated heterocycles. The third-order valence-corrected chi connectivity index (χ3v) is 4.34. The molecule has 22 heavy (non-hydrogen) atoms. The molecule has 1 aromatic carbocycles. The molecule has 120 valence electrons. The van der Waals surface area contributed by atoms with E-state index < -0.39 is 0 Å². The van der Waals surface area contributed by atoms with Crippen molar-refractivity contribution in [2.45, 2.75) is 52.0 Å². The smallest absolute Gasteiger partial charge is 0.184 e. The van der Waals surface area contributed by atoms with Crippen LogP contribution in [0.15, 0.2) is 23.3 Å². The van der Waals surface area contributed by atoms with Gasteiger partial charge in [-0.1, -0.05) is 19.9 Å². The molecular weight excluding hydrogens is 292 g/mol. The number of fused-ring (bicyclic) bond motifs is 1. The summed E-state index contributed by atoms with van der Waals surface area (Å²) in [5, 5.41) is 4.22. The van der Waals surface area contributed by atoms with E-state index in [1.165, 1.54) is 11.3 Å². The van der Waals surface area contributed by atoms with Gasteiger partial charge in [0.15, 0.2) is 5.11 Å². The lowest BCUT2D eigenvalue weighted by molar-refractivity contribution is 0.376. The Morgan fingerprint density at radius 3 is 2.91 bits per heavy atom. The molecular formula is C17H26N4S. The monoisotopic (exact) mass is 318 g/mol. The van der Waals surface area contributed by atoms with Gasteiger partial charge in [0.05, 0.1) is 6.21 Å². The second kappa shape index (κ2) is 6.65. The van der Waals surface area contributed by atoms with Crippen LogP contribution in [0.2, 0.25) is 0 Å². The minimum atomic E-state index is 0.179. The predicted molar refractivity (Wildman–Crippen MR) is 98.7 cm³/mol. The molecule has 1 aliphatic rings. The van der Waals surface area contributed by atoms with E-state index in [2.05, 4.69) is 61.3 Å². The van der Waals surface area contributed by atoms with Gasteiger partial charge in [-0.2, -0.15) is 5.10 Å². The fourth-order valence-electron chi connectivity index (χ4n) is 3.41. The Morgan fingerprint density at radius 1 is 1.55 bits per heavy atom.